The van der Waals surface area contributed by atoms with Crippen LogP contribution in [0.25, 0.3) is 0 Å². The number of thiophene rings is 1. The molecule has 2 N–H and O–H groups in total. The van der Waals surface area contributed by atoms with E-state index in [-0.39, 0.29) is 34.4 Å². The number of carbonyl (C=O) groups is 4. The number of amides is 4. The van der Waals surface area contributed by atoms with E-state index in [1.54, 1.807) is 17.5 Å². The topological polar surface area (TPSA) is 129 Å². The summed E-state index contributed by atoms with van der Waals surface area (Å²) in [5, 5.41) is 7.08. The minimum Gasteiger partial charge on any atom is -0.353 e. The van der Waals surface area contributed by atoms with Gasteiger partial charge in [-0.3, -0.25) is 19.2 Å². The van der Waals surface area contributed by atoms with Crippen LogP contribution >= 0.6 is 23.1 Å². The molecule has 1 aromatic heterocycles. The summed E-state index contributed by atoms with van der Waals surface area (Å²) in [7, 11) is 0. The molecule has 3 rings (SSSR count). The molecule has 1 aliphatic heterocycles. The third-order valence-corrected chi connectivity index (χ3v) is 5.83. The van der Waals surface area contributed by atoms with Crippen LogP contribution in [0.5, 0.6) is 0 Å². The van der Waals surface area contributed by atoms with Gasteiger partial charge >= 0.3 is 5.91 Å². The summed E-state index contributed by atoms with van der Waals surface area (Å²) in [6.45, 7) is 1.25. The van der Waals surface area contributed by atoms with Crippen molar-refractivity contribution in [3.63, 3.8) is 0 Å². The van der Waals surface area contributed by atoms with E-state index in [1.807, 2.05) is 0 Å². The average Bonchev–Trinajstić information content (AvgIpc) is 3.36. The molecule has 1 aliphatic carbocycles. The largest absolute Gasteiger partial charge is 0.353 e. The first-order chi connectivity index (χ1) is 13.9. The van der Waals surface area contributed by atoms with Crippen LogP contribution in [0.4, 0.5) is 0 Å². The highest BCUT2D eigenvalue weighted by molar-refractivity contribution is 8.14. The van der Waals surface area contributed by atoms with Crippen LogP contribution in [0.3, 0.4) is 0 Å². The number of carbonyl (C=O) groups excluding carboxylic acids is 4. The quantitative estimate of drug-likeness (QED) is 0.744. The molecule has 4 amide bonds. The van der Waals surface area contributed by atoms with Gasteiger partial charge in [0, 0.05) is 13.0 Å². The van der Waals surface area contributed by atoms with E-state index in [9.17, 15) is 19.2 Å². The zero-order chi connectivity index (χ0) is 20.8. The van der Waals surface area contributed by atoms with E-state index in [2.05, 4.69) is 25.6 Å². The average molecular weight is 434 g/mol. The second kappa shape index (κ2) is 9.70. The lowest BCUT2D eigenvalue weighted by molar-refractivity contribution is -0.119. The Labute approximate surface area is 175 Å². The number of nitrogens with one attached hydrogen (secondary N) is 2. The lowest BCUT2D eigenvalue weighted by atomic mass is 10.2. The Kier molecular flexibility index (Phi) is 7.04. The number of aliphatic imine (C=N–C) groups is 3. The molecule has 0 saturated heterocycles. The van der Waals surface area contributed by atoms with Crippen molar-refractivity contribution in [2.24, 2.45) is 15.0 Å². The van der Waals surface area contributed by atoms with Crippen LogP contribution in [0, 0.1) is 0 Å². The van der Waals surface area contributed by atoms with Crippen molar-refractivity contribution in [2.75, 3.05) is 5.75 Å². The second-order valence-corrected chi connectivity index (χ2v) is 8.31. The van der Waals surface area contributed by atoms with Gasteiger partial charge in [0.05, 0.1) is 10.6 Å². The highest BCUT2D eigenvalue weighted by Crippen LogP contribution is 2.18. The predicted molar refractivity (Wildman–Crippen MR) is 113 cm³/mol. The summed E-state index contributed by atoms with van der Waals surface area (Å²) in [4.78, 5) is 60.2. The van der Waals surface area contributed by atoms with Crippen molar-refractivity contribution in [1.29, 1.82) is 0 Å². The maximum absolute atomic E-state index is 12.4. The Morgan fingerprint density at radius 3 is 2.69 bits per heavy atom. The van der Waals surface area contributed by atoms with Gasteiger partial charge in [-0.25, -0.2) is 4.99 Å². The highest BCUT2D eigenvalue weighted by Gasteiger charge is 2.27. The Balaban J connectivity index is 1.70. The molecule has 9 nitrogen and oxygen atoms in total. The van der Waals surface area contributed by atoms with Gasteiger partial charge < -0.3 is 10.6 Å². The maximum atomic E-state index is 12.4. The first-order valence-electron chi connectivity index (χ1n) is 9.00. The maximum Gasteiger partial charge on any atom is 0.302 e. The Morgan fingerprint density at radius 1 is 1.28 bits per heavy atom. The molecule has 0 bridgehead atoms. The van der Waals surface area contributed by atoms with E-state index in [1.165, 1.54) is 18.3 Å². The molecule has 0 atom stereocenters. The number of hydrogen-bond donors (Lipinski definition) is 2. The number of nitrogens with zero attached hydrogens (tertiary/aromatic N) is 3. The fourth-order valence-electron chi connectivity index (χ4n) is 2.86. The monoisotopic (exact) mass is 433 g/mol. The molecular weight excluding hydrogens is 414 g/mol. The molecule has 2 heterocycles. The van der Waals surface area contributed by atoms with Crippen LogP contribution in [-0.2, 0) is 14.4 Å². The smallest absolute Gasteiger partial charge is 0.302 e. The Hall–Kier alpha value is -2.66. The van der Waals surface area contributed by atoms with E-state index in [0.717, 1.165) is 37.4 Å². The van der Waals surface area contributed by atoms with Crippen molar-refractivity contribution in [3.8, 4) is 0 Å². The van der Waals surface area contributed by atoms with E-state index < -0.39 is 17.7 Å². The standard InChI is InChI=1S/C18H19N5O4S2/c1-10(24)19-15-14(21-16(26)12-7-4-8-28-12)17(27)23-18(22-15)29-9-13(25)20-11-5-2-3-6-11/h4,7-8,11H,2-3,5-6,9H2,1H3,(H,20,25)(H,19,22,23,24,27). The number of amidine groups is 2. The summed E-state index contributed by atoms with van der Waals surface area (Å²) < 4.78 is 0. The van der Waals surface area contributed by atoms with Gasteiger partial charge in [0.15, 0.2) is 16.7 Å². The minimum atomic E-state index is -0.799. The summed E-state index contributed by atoms with van der Waals surface area (Å²) in [5.74, 6) is -2.17. The molecule has 0 unspecified atom stereocenters. The number of thioether (sulfide) groups is 1. The first kappa shape index (κ1) is 21.1. The van der Waals surface area contributed by atoms with Gasteiger partial charge in [0.2, 0.25) is 11.8 Å². The van der Waals surface area contributed by atoms with E-state index in [4.69, 9.17) is 0 Å². The lowest BCUT2D eigenvalue weighted by Crippen LogP contribution is -2.41. The zero-order valence-electron chi connectivity index (χ0n) is 15.6. The summed E-state index contributed by atoms with van der Waals surface area (Å²) in [6.07, 6.45) is 4.16. The molecule has 29 heavy (non-hydrogen) atoms. The zero-order valence-corrected chi connectivity index (χ0v) is 17.3. The third-order valence-electron chi connectivity index (χ3n) is 4.12. The van der Waals surface area contributed by atoms with Gasteiger partial charge in [-0.15, -0.1) is 11.3 Å². The van der Waals surface area contributed by atoms with Gasteiger partial charge in [0.25, 0.3) is 5.91 Å². The summed E-state index contributed by atoms with van der Waals surface area (Å²) in [6, 6.07) is 3.46. The molecule has 2 aliphatic rings. The van der Waals surface area contributed by atoms with E-state index >= 15 is 0 Å². The van der Waals surface area contributed by atoms with Crippen LogP contribution < -0.4 is 10.6 Å². The molecule has 1 aromatic rings. The third kappa shape index (κ3) is 5.91. The Morgan fingerprint density at radius 2 is 2.03 bits per heavy atom. The summed E-state index contributed by atoms with van der Waals surface area (Å²) >= 11 is 2.16. The first-order valence-corrected chi connectivity index (χ1v) is 10.9. The van der Waals surface area contributed by atoms with Gasteiger partial charge in [-0.2, -0.15) is 9.98 Å². The minimum absolute atomic E-state index is 0.0304. The van der Waals surface area contributed by atoms with Crippen LogP contribution in [0.15, 0.2) is 32.5 Å². The molecule has 1 fully saturated rings. The molecule has 0 spiro atoms. The number of hydrogen-bond acceptors (Lipinski definition) is 7. The molecular formula is C18H19N5O4S2. The summed E-state index contributed by atoms with van der Waals surface area (Å²) in [5.41, 5.74) is -0.335. The predicted octanol–water partition coefficient (Wildman–Crippen LogP) is 1.55. The van der Waals surface area contributed by atoms with Crippen molar-refractivity contribution in [3.05, 3.63) is 22.4 Å². The second-order valence-electron chi connectivity index (χ2n) is 6.42. The molecule has 152 valence electrons. The highest BCUT2D eigenvalue weighted by atomic mass is 32.2. The molecule has 11 heteroatoms. The van der Waals surface area contributed by atoms with Crippen LogP contribution in [-0.4, -0.2) is 52.1 Å². The van der Waals surface area contributed by atoms with Gasteiger partial charge in [0.1, 0.15) is 0 Å². The van der Waals surface area contributed by atoms with E-state index in [0.29, 0.717) is 4.88 Å². The van der Waals surface area contributed by atoms with Gasteiger partial charge in [-0.05, 0) is 24.3 Å². The van der Waals surface area contributed by atoms with Crippen molar-refractivity contribution < 1.29 is 19.2 Å². The normalized spacial score (nSPS) is 18.4. The van der Waals surface area contributed by atoms with Crippen molar-refractivity contribution >= 4 is 63.4 Å². The molecule has 0 radical (unpaired) electrons. The van der Waals surface area contributed by atoms with Crippen molar-refractivity contribution in [2.45, 2.75) is 38.6 Å². The lowest BCUT2D eigenvalue weighted by Gasteiger charge is -2.14. The molecule has 0 aromatic carbocycles. The van der Waals surface area contributed by atoms with Crippen LogP contribution in [0.2, 0.25) is 0 Å². The fourth-order valence-corrected chi connectivity index (χ4v) is 4.11. The fraction of sp³-hybridized carbons (Fsp3) is 0.389. The SMILES string of the molecule is CC(=O)NC1=NC(SCC(=O)NC2CCCC2)=NC(=O)C1=NC(=O)c1cccs1. The van der Waals surface area contributed by atoms with Crippen LogP contribution in [0.1, 0.15) is 42.3 Å². The molecule has 1 saturated carbocycles. The Bertz CT molecular complexity index is 915. The van der Waals surface area contributed by atoms with Gasteiger partial charge in [-0.1, -0.05) is 30.7 Å². The number of rotatable bonds is 4. The van der Waals surface area contributed by atoms with Crippen molar-refractivity contribution in [1.82, 2.24) is 10.6 Å².